The lowest BCUT2D eigenvalue weighted by Gasteiger charge is -2.22. The van der Waals surface area contributed by atoms with Crippen molar-refractivity contribution >= 4 is 30.1 Å². The highest BCUT2D eigenvalue weighted by Crippen LogP contribution is 2.38. The van der Waals surface area contributed by atoms with E-state index in [1.54, 1.807) is 18.3 Å². The number of aryl methyl sites for hydroxylation is 1. The van der Waals surface area contributed by atoms with Crippen LogP contribution in [0, 0.1) is 11.7 Å². The maximum absolute atomic E-state index is 14.4. The molecule has 1 saturated heterocycles. The number of hydrogen-bond acceptors (Lipinski definition) is 7. The average molecular weight is 634 g/mol. The first kappa shape index (κ1) is 39.5. The minimum Gasteiger partial charge on any atom is -0.400 e. The molecular weight excluding hydrogens is 594 g/mol. The van der Waals surface area contributed by atoms with Crippen molar-refractivity contribution in [2.24, 2.45) is 11.7 Å². The Bertz CT molecular complexity index is 1270. The minimum atomic E-state index is -1.25. The molecule has 43 heavy (non-hydrogen) atoms. The van der Waals surface area contributed by atoms with Gasteiger partial charge in [-0.25, -0.2) is 17.6 Å². The van der Waals surface area contributed by atoms with Crippen molar-refractivity contribution in [1.29, 1.82) is 0 Å². The van der Waals surface area contributed by atoms with Gasteiger partial charge in [-0.05, 0) is 42.5 Å². The number of rotatable bonds is 6. The molecule has 9 nitrogen and oxygen atoms in total. The molecular formula is C29H39F4N3O6S. The highest BCUT2D eigenvalue weighted by Gasteiger charge is 2.38. The van der Waals surface area contributed by atoms with Gasteiger partial charge in [0.15, 0.2) is 6.86 Å². The second kappa shape index (κ2) is 21.3. The van der Waals surface area contributed by atoms with E-state index in [-0.39, 0.29) is 47.9 Å². The molecule has 1 aliphatic heterocycles. The van der Waals surface area contributed by atoms with Gasteiger partial charge in [-0.2, -0.15) is 12.6 Å². The molecule has 0 radical (unpaired) electrons. The maximum atomic E-state index is 14.4. The van der Waals surface area contributed by atoms with E-state index in [1.807, 2.05) is 13.8 Å². The first-order chi connectivity index (χ1) is 20.6. The van der Waals surface area contributed by atoms with E-state index in [1.165, 1.54) is 46.9 Å². The van der Waals surface area contributed by atoms with Gasteiger partial charge in [0.1, 0.15) is 23.2 Å². The van der Waals surface area contributed by atoms with Gasteiger partial charge < -0.3 is 30.2 Å². The van der Waals surface area contributed by atoms with E-state index in [9.17, 15) is 31.9 Å². The number of ether oxygens (including phenoxy) is 1. The normalized spacial score (nSPS) is 17.1. The van der Waals surface area contributed by atoms with Gasteiger partial charge in [-0.3, -0.25) is 14.4 Å². The Hall–Kier alpha value is -3.46. The van der Waals surface area contributed by atoms with E-state index in [4.69, 9.17) is 20.7 Å². The zero-order valence-electron chi connectivity index (χ0n) is 24.5. The summed E-state index contributed by atoms with van der Waals surface area (Å²) in [6.07, 6.45) is 2.12. The molecule has 4 N–H and O–H groups in total. The molecule has 2 amide bonds. The number of aliphatic hydroxyl groups excluding tert-OH is 2. The molecule has 14 heteroatoms. The van der Waals surface area contributed by atoms with Crippen molar-refractivity contribution < 1.29 is 42.1 Å². The zero-order valence-corrected chi connectivity index (χ0v) is 25.4. The maximum Gasteiger partial charge on any atom is 0.274 e. The largest absolute Gasteiger partial charge is 0.400 e. The SMILES string of the molecule is CC.CO.COC1C=C(F)C(C2CC(=O)N(c3cccn(CCS)c3=O)C2)=C(F)C1.NC(=O)c1ccc(F)cc1.OCF. The number of aromatic nitrogens is 1. The van der Waals surface area contributed by atoms with Crippen molar-refractivity contribution in [1.82, 2.24) is 4.57 Å². The summed E-state index contributed by atoms with van der Waals surface area (Å²) < 4.78 is 57.3. The lowest BCUT2D eigenvalue weighted by molar-refractivity contribution is -0.117. The fourth-order valence-electron chi connectivity index (χ4n) is 4.06. The number of benzene rings is 1. The number of hydrogen-bond donors (Lipinski definition) is 4. The van der Waals surface area contributed by atoms with Crippen LogP contribution in [-0.4, -0.2) is 66.1 Å². The lowest BCUT2D eigenvalue weighted by atomic mass is 9.90. The number of carbonyl (C=O) groups excluding carboxylic acids is 2. The number of nitrogens with zero attached hydrogens (tertiary/aromatic N) is 2. The molecule has 1 aromatic heterocycles. The number of alkyl halides is 1. The number of nitrogens with two attached hydrogens (primary N) is 1. The Morgan fingerprint density at radius 3 is 2.16 bits per heavy atom. The second-order valence-electron chi connectivity index (χ2n) is 8.32. The van der Waals surface area contributed by atoms with E-state index < -0.39 is 36.4 Å². The molecule has 1 aromatic carbocycles. The fraction of sp³-hybridized carbons (Fsp3) is 0.414. The number of allylic oxidation sites excluding steroid dienone is 1. The van der Waals surface area contributed by atoms with Crippen LogP contribution in [0.1, 0.15) is 37.0 Å². The molecule has 2 aliphatic rings. The van der Waals surface area contributed by atoms with Crippen molar-refractivity contribution in [2.45, 2.75) is 39.3 Å². The molecule has 1 fully saturated rings. The van der Waals surface area contributed by atoms with E-state index in [0.717, 1.165) is 7.11 Å². The number of thiol groups is 1. The first-order valence-electron chi connectivity index (χ1n) is 13.1. The quantitative estimate of drug-likeness (QED) is 0.280. The van der Waals surface area contributed by atoms with Crippen LogP contribution in [0.5, 0.6) is 0 Å². The van der Waals surface area contributed by atoms with E-state index >= 15 is 0 Å². The Kier molecular flexibility index (Phi) is 19.6. The summed E-state index contributed by atoms with van der Waals surface area (Å²) in [7, 11) is 2.39. The summed E-state index contributed by atoms with van der Waals surface area (Å²) in [5.74, 6) is -2.68. The zero-order chi connectivity index (χ0) is 33.1. The number of amides is 2. The molecule has 4 rings (SSSR count). The van der Waals surface area contributed by atoms with Crippen LogP contribution < -0.4 is 16.2 Å². The predicted octanol–water partition coefficient (Wildman–Crippen LogP) is 4.09. The number of methoxy groups -OCH3 is 1. The second-order valence-corrected chi connectivity index (χ2v) is 8.77. The fourth-order valence-corrected chi connectivity index (χ4v) is 4.27. The Balaban J connectivity index is 0.000000861. The molecule has 240 valence electrons. The number of carbonyl (C=O) groups is 2. The number of primary amides is 1. The number of anilines is 1. The molecule has 0 spiro atoms. The van der Waals surface area contributed by atoms with Crippen LogP contribution in [0.2, 0.25) is 0 Å². The van der Waals surface area contributed by atoms with Crippen LogP contribution in [0.3, 0.4) is 0 Å². The van der Waals surface area contributed by atoms with E-state index in [0.29, 0.717) is 17.9 Å². The topological polar surface area (TPSA) is 135 Å². The standard InChI is InChI=1S/C18H20F2N2O3S.C7H6FNO.C2H6.CH3FO.CH4O/c1-25-12-8-13(19)17(14(20)9-12)11-7-16(23)22(10-11)15-3-2-4-21(5-6-26)18(15)24;8-6-3-1-5(2-4-6)7(9)10;1-2;2-1-3;1-2/h2-4,8,11-12,26H,5-7,9-10H2,1H3;1-4H,(H2,9,10);1-2H3;3H,1H2;2H,1H3. The van der Waals surface area contributed by atoms with E-state index in [2.05, 4.69) is 12.6 Å². The average Bonchev–Trinajstić information content (AvgIpc) is 3.37. The highest BCUT2D eigenvalue weighted by molar-refractivity contribution is 7.80. The van der Waals surface area contributed by atoms with Gasteiger partial charge in [-0.15, -0.1) is 0 Å². The summed E-state index contributed by atoms with van der Waals surface area (Å²) in [6.45, 7) is 3.23. The smallest absolute Gasteiger partial charge is 0.274 e. The minimum absolute atomic E-state index is 0.0391. The molecule has 2 unspecified atom stereocenters. The Morgan fingerprint density at radius 1 is 1.09 bits per heavy atom. The molecule has 0 bridgehead atoms. The summed E-state index contributed by atoms with van der Waals surface area (Å²) in [5.41, 5.74) is 5.05. The van der Waals surface area contributed by atoms with Crippen molar-refractivity contribution in [3.63, 3.8) is 0 Å². The lowest BCUT2D eigenvalue weighted by Crippen LogP contribution is -2.33. The van der Waals surface area contributed by atoms with Gasteiger partial charge in [0.25, 0.3) is 5.56 Å². The molecule has 2 heterocycles. The van der Waals surface area contributed by atoms with Crippen molar-refractivity contribution in [3.05, 3.63) is 87.6 Å². The summed E-state index contributed by atoms with van der Waals surface area (Å²) >= 11 is 4.11. The third-order valence-corrected chi connectivity index (χ3v) is 6.06. The first-order valence-corrected chi connectivity index (χ1v) is 13.8. The summed E-state index contributed by atoms with van der Waals surface area (Å²) in [4.78, 5) is 36.7. The molecule has 2 atom stereocenters. The van der Waals surface area contributed by atoms with Gasteiger partial charge >= 0.3 is 0 Å². The van der Waals surface area contributed by atoms with Crippen LogP contribution in [0.15, 0.2) is 70.7 Å². The van der Waals surface area contributed by atoms with Crippen LogP contribution >= 0.6 is 12.6 Å². The number of pyridine rings is 1. The Labute approximate surface area is 253 Å². The van der Waals surface area contributed by atoms with Crippen molar-refractivity contribution in [3.8, 4) is 0 Å². The summed E-state index contributed by atoms with van der Waals surface area (Å²) in [5, 5.41) is 13.9. The Morgan fingerprint density at radius 2 is 1.67 bits per heavy atom. The molecule has 0 saturated carbocycles. The van der Waals surface area contributed by atoms with Gasteiger partial charge in [0, 0.05) is 69.2 Å². The van der Waals surface area contributed by atoms with Gasteiger partial charge in [-0.1, -0.05) is 13.8 Å². The van der Waals surface area contributed by atoms with Crippen LogP contribution in [-0.2, 0) is 16.1 Å². The third kappa shape index (κ3) is 12.0. The van der Waals surface area contributed by atoms with Crippen molar-refractivity contribution in [2.75, 3.05) is 38.3 Å². The van der Waals surface area contributed by atoms with Crippen LogP contribution in [0.25, 0.3) is 0 Å². The highest BCUT2D eigenvalue weighted by atomic mass is 32.1. The predicted molar refractivity (Wildman–Crippen MR) is 160 cm³/mol. The van der Waals surface area contributed by atoms with Gasteiger partial charge in [0.2, 0.25) is 11.8 Å². The number of halogens is 4. The van der Waals surface area contributed by atoms with Gasteiger partial charge in [0.05, 0.1) is 6.10 Å². The molecule has 1 aliphatic carbocycles. The number of aliphatic hydroxyl groups is 2. The monoisotopic (exact) mass is 633 g/mol. The summed E-state index contributed by atoms with van der Waals surface area (Å²) in [6, 6.07) is 8.30. The van der Waals surface area contributed by atoms with Crippen LogP contribution in [0.4, 0.5) is 23.2 Å². The molecule has 2 aromatic rings. The third-order valence-electron chi connectivity index (χ3n) is 5.86.